The highest BCUT2D eigenvalue weighted by Crippen LogP contribution is 2.35. The Balaban J connectivity index is 2.35. The van der Waals surface area contributed by atoms with Crippen molar-refractivity contribution in [3.63, 3.8) is 0 Å². The van der Waals surface area contributed by atoms with E-state index in [4.69, 9.17) is 4.74 Å². The molecule has 1 heterocycles. The number of piperazine rings is 1. The molecule has 0 bridgehead atoms. The van der Waals surface area contributed by atoms with Crippen LogP contribution < -0.4 is 10.1 Å². The number of ether oxygens (including phenoxy) is 1. The van der Waals surface area contributed by atoms with Gasteiger partial charge in [0.2, 0.25) is 0 Å². The lowest BCUT2D eigenvalue weighted by atomic mass is 9.90. The maximum atomic E-state index is 14.6. The third kappa shape index (κ3) is 3.13. The van der Waals surface area contributed by atoms with Gasteiger partial charge in [0.15, 0.2) is 11.6 Å². The molecule has 0 radical (unpaired) electrons. The summed E-state index contributed by atoms with van der Waals surface area (Å²) >= 11 is 0. The molecule has 1 saturated heterocycles. The summed E-state index contributed by atoms with van der Waals surface area (Å²) in [5.41, 5.74) is 0.764. The molecule has 1 N–H and O–H groups in total. The van der Waals surface area contributed by atoms with E-state index in [9.17, 15) is 4.39 Å². The molecule has 0 spiro atoms. The van der Waals surface area contributed by atoms with Crippen molar-refractivity contribution in [2.45, 2.75) is 26.3 Å². The first kappa shape index (κ1) is 15.3. The van der Waals surface area contributed by atoms with E-state index in [-0.39, 0.29) is 11.9 Å². The lowest BCUT2D eigenvalue weighted by molar-refractivity contribution is 0.125. The first-order valence-corrected chi connectivity index (χ1v) is 7.46. The number of nitrogens with zero attached hydrogens (tertiary/aromatic N) is 1. The Morgan fingerprint density at radius 2 is 2.05 bits per heavy atom. The highest BCUT2D eigenvalue weighted by Gasteiger charge is 2.29. The van der Waals surface area contributed by atoms with Gasteiger partial charge in [0.05, 0.1) is 7.11 Å². The Bertz CT molecular complexity index is 432. The highest BCUT2D eigenvalue weighted by atomic mass is 19.1. The normalized spacial score (nSPS) is 19.6. The van der Waals surface area contributed by atoms with Crippen molar-refractivity contribution in [1.82, 2.24) is 10.2 Å². The van der Waals surface area contributed by atoms with Crippen molar-refractivity contribution < 1.29 is 9.13 Å². The Morgan fingerprint density at radius 3 is 2.65 bits per heavy atom. The Morgan fingerprint density at radius 1 is 1.35 bits per heavy atom. The number of benzene rings is 1. The van der Waals surface area contributed by atoms with Gasteiger partial charge in [-0.05, 0) is 12.0 Å². The van der Waals surface area contributed by atoms with Crippen LogP contribution in [0.3, 0.4) is 0 Å². The van der Waals surface area contributed by atoms with Crippen LogP contribution in [0.15, 0.2) is 18.2 Å². The van der Waals surface area contributed by atoms with Crippen LogP contribution in [0.5, 0.6) is 5.75 Å². The summed E-state index contributed by atoms with van der Waals surface area (Å²) in [6.45, 7) is 8.23. The van der Waals surface area contributed by atoms with Crippen LogP contribution in [0.25, 0.3) is 0 Å². The molecule has 1 aliphatic rings. The van der Waals surface area contributed by atoms with Crippen LogP contribution in [0, 0.1) is 11.7 Å². The van der Waals surface area contributed by atoms with Gasteiger partial charge in [0, 0.05) is 37.8 Å². The Kier molecular flexibility index (Phi) is 5.38. The highest BCUT2D eigenvalue weighted by molar-refractivity contribution is 5.33. The van der Waals surface area contributed by atoms with Gasteiger partial charge < -0.3 is 10.1 Å². The van der Waals surface area contributed by atoms with E-state index in [1.54, 1.807) is 6.07 Å². The van der Waals surface area contributed by atoms with E-state index >= 15 is 0 Å². The molecular formula is C16H25FN2O. The average molecular weight is 280 g/mol. The number of methoxy groups -OCH3 is 1. The van der Waals surface area contributed by atoms with Crippen LogP contribution in [-0.2, 0) is 0 Å². The second-order valence-corrected chi connectivity index (χ2v) is 5.48. The quantitative estimate of drug-likeness (QED) is 0.897. The topological polar surface area (TPSA) is 24.5 Å². The standard InChI is InChI=1S/C16H25FN2O/c1-4-12(2)16(19-10-8-18-9-11-19)13-6-5-7-14(20-3)15(13)17/h5-7,12,16,18H,4,8-11H2,1-3H3/t12?,16-/m1/s1. The van der Waals surface area contributed by atoms with Crippen molar-refractivity contribution >= 4 is 0 Å². The second-order valence-electron chi connectivity index (χ2n) is 5.48. The molecule has 2 rings (SSSR count). The third-order valence-corrected chi connectivity index (χ3v) is 4.26. The van der Waals surface area contributed by atoms with Crippen LogP contribution in [0.1, 0.15) is 31.9 Å². The summed E-state index contributed by atoms with van der Waals surface area (Å²) in [5, 5.41) is 3.36. The van der Waals surface area contributed by atoms with Gasteiger partial charge in [0.1, 0.15) is 0 Å². The summed E-state index contributed by atoms with van der Waals surface area (Å²) < 4.78 is 19.7. The van der Waals surface area contributed by atoms with E-state index in [1.807, 2.05) is 12.1 Å². The van der Waals surface area contributed by atoms with Gasteiger partial charge in [-0.15, -0.1) is 0 Å². The molecule has 1 fully saturated rings. The molecule has 1 aromatic rings. The maximum Gasteiger partial charge on any atom is 0.169 e. The van der Waals surface area contributed by atoms with E-state index in [0.29, 0.717) is 11.7 Å². The fourth-order valence-corrected chi connectivity index (χ4v) is 2.96. The number of rotatable bonds is 5. The number of halogens is 1. The van der Waals surface area contributed by atoms with Crippen LogP contribution >= 0.6 is 0 Å². The van der Waals surface area contributed by atoms with Crippen molar-refractivity contribution in [2.75, 3.05) is 33.3 Å². The largest absolute Gasteiger partial charge is 0.494 e. The third-order valence-electron chi connectivity index (χ3n) is 4.26. The van der Waals surface area contributed by atoms with Crippen LogP contribution in [-0.4, -0.2) is 38.2 Å². The number of hydrogen-bond acceptors (Lipinski definition) is 3. The molecule has 0 amide bonds. The molecule has 0 aliphatic carbocycles. The summed E-state index contributed by atoms with van der Waals surface area (Å²) in [4.78, 5) is 2.39. The molecule has 4 heteroatoms. The predicted octanol–water partition coefficient (Wildman–Crippen LogP) is 2.83. The van der Waals surface area contributed by atoms with Gasteiger partial charge in [-0.2, -0.15) is 0 Å². The molecule has 1 aliphatic heterocycles. The maximum absolute atomic E-state index is 14.6. The zero-order valence-corrected chi connectivity index (χ0v) is 12.7. The van der Waals surface area contributed by atoms with Crippen LogP contribution in [0.2, 0.25) is 0 Å². The molecule has 1 aromatic carbocycles. The SMILES string of the molecule is CCC(C)[C@H](c1cccc(OC)c1F)N1CCNCC1. The molecule has 0 aromatic heterocycles. The van der Waals surface area contributed by atoms with E-state index in [2.05, 4.69) is 24.1 Å². The van der Waals surface area contributed by atoms with Crippen molar-refractivity contribution in [2.24, 2.45) is 5.92 Å². The molecule has 112 valence electrons. The lowest BCUT2D eigenvalue weighted by Gasteiger charge is -2.38. The summed E-state index contributed by atoms with van der Waals surface area (Å²) in [6.07, 6.45) is 1.03. The second kappa shape index (κ2) is 7.04. The monoisotopic (exact) mass is 280 g/mol. The average Bonchev–Trinajstić information content (AvgIpc) is 2.50. The van der Waals surface area contributed by atoms with E-state index in [1.165, 1.54) is 7.11 Å². The van der Waals surface area contributed by atoms with Crippen LogP contribution in [0.4, 0.5) is 4.39 Å². The first-order valence-electron chi connectivity index (χ1n) is 7.46. The minimum Gasteiger partial charge on any atom is -0.494 e. The molecule has 20 heavy (non-hydrogen) atoms. The van der Waals surface area contributed by atoms with Crippen molar-refractivity contribution in [1.29, 1.82) is 0 Å². The van der Waals surface area contributed by atoms with Crippen molar-refractivity contribution in [3.05, 3.63) is 29.6 Å². The smallest absolute Gasteiger partial charge is 0.169 e. The minimum atomic E-state index is -0.209. The Labute approximate surface area is 121 Å². The fourth-order valence-electron chi connectivity index (χ4n) is 2.96. The zero-order chi connectivity index (χ0) is 14.5. The minimum absolute atomic E-state index is 0.122. The summed E-state index contributed by atoms with van der Waals surface area (Å²) in [5.74, 6) is 0.541. The predicted molar refractivity (Wildman–Crippen MR) is 79.6 cm³/mol. The van der Waals surface area contributed by atoms with E-state index < -0.39 is 0 Å². The fraction of sp³-hybridized carbons (Fsp3) is 0.625. The zero-order valence-electron chi connectivity index (χ0n) is 12.7. The number of hydrogen-bond donors (Lipinski definition) is 1. The molecule has 1 unspecified atom stereocenters. The summed E-state index contributed by atoms with van der Waals surface area (Å²) in [7, 11) is 1.52. The van der Waals surface area contributed by atoms with Gasteiger partial charge in [-0.3, -0.25) is 4.90 Å². The van der Waals surface area contributed by atoms with Gasteiger partial charge in [-0.1, -0.05) is 32.4 Å². The molecular weight excluding hydrogens is 255 g/mol. The van der Waals surface area contributed by atoms with Gasteiger partial charge >= 0.3 is 0 Å². The first-order chi connectivity index (χ1) is 9.69. The molecule has 2 atom stereocenters. The Hall–Kier alpha value is -1.13. The number of nitrogens with one attached hydrogen (secondary N) is 1. The van der Waals surface area contributed by atoms with Crippen molar-refractivity contribution in [3.8, 4) is 5.75 Å². The van der Waals surface area contributed by atoms with Gasteiger partial charge in [0.25, 0.3) is 0 Å². The lowest BCUT2D eigenvalue weighted by Crippen LogP contribution is -2.46. The summed E-state index contributed by atoms with van der Waals surface area (Å²) in [6, 6.07) is 5.59. The molecule has 0 saturated carbocycles. The van der Waals surface area contributed by atoms with Gasteiger partial charge in [-0.25, -0.2) is 4.39 Å². The van der Waals surface area contributed by atoms with E-state index in [0.717, 1.165) is 38.2 Å². The molecule has 3 nitrogen and oxygen atoms in total.